The Morgan fingerprint density at radius 1 is 0.410 bits per heavy atom. The van der Waals surface area contributed by atoms with Crippen LogP contribution in [0.4, 0.5) is 0 Å². The molecule has 0 heterocycles. The van der Waals surface area contributed by atoms with Crippen LogP contribution < -0.4 is 0 Å². The lowest BCUT2D eigenvalue weighted by molar-refractivity contribution is -0.0191. The SMILES string of the molecule is CCCCCCCCCCCCCCCCOCC(CCI)OCCCCCCCCCCCCCCCC. The molecule has 0 aliphatic carbocycles. The van der Waals surface area contributed by atoms with Crippen LogP contribution in [0.1, 0.15) is 200 Å². The first-order chi connectivity index (χ1) is 19.3. The fraction of sp³-hybridized carbons (Fsp3) is 1.00. The molecule has 0 spiro atoms. The van der Waals surface area contributed by atoms with E-state index in [4.69, 9.17) is 9.47 Å². The molecule has 0 aromatic heterocycles. The zero-order valence-electron chi connectivity index (χ0n) is 27.1. The summed E-state index contributed by atoms with van der Waals surface area (Å²) in [5, 5.41) is 0. The number of hydrogen-bond acceptors (Lipinski definition) is 2. The molecule has 0 amide bonds. The highest BCUT2D eigenvalue weighted by Gasteiger charge is 2.08. The molecule has 0 radical (unpaired) electrons. The summed E-state index contributed by atoms with van der Waals surface area (Å²) in [6.45, 7) is 7.22. The number of alkyl halides is 1. The number of halogens is 1. The van der Waals surface area contributed by atoms with Crippen LogP contribution in [0.15, 0.2) is 0 Å². The molecule has 39 heavy (non-hydrogen) atoms. The van der Waals surface area contributed by atoms with Crippen molar-refractivity contribution in [1.82, 2.24) is 0 Å². The molecule has 0 bridgehead atoms. The van der Waals surface area contributed by atoms with Gasteiger partial charge in [-0.3, -0.25) is 0 Å². The van der Waals surface area contributed by atoms with E-state index in [1.165, 1.54) is 180 Å². The average Bonchev–Trinajstić information content (AvgIpc) is 2.94. The molecule has 0 N–H and O–H groups in total. The molecule has 0 fully saturated rings. The second-order valence-electron chi connectivity index (χ2n) is 12.2. The molecular formula is C36H73IO2. The predicted octanol–water partition coefficient (Wildman–Crippen LogP) is 13.2. The van der Waals surface area contributed by atoms with Crippen LogP contribution >= 0.6 is 22.6 Å². The highest BCUT2D eigenvalue weighted by Crippen LogP contribution is 2.15. The molecule has 236 valence electrons. The molecular weight excluding hydrogens is 591 g/mol. The molecule has 0 aliphatic rings. The fourth-order valence-corrected chi connectivity index (χ4v) is 6.19. The van der Waals surface area contributed by atoms with Gasteiger partial charge in [-0.15, -0.1) is 0 Å². The van der Waals surface area contributed by atoms with Gasteiger partial charge in [0.15, 0.2) is 0 Å². The Balaban J connectivity index is 3.35. The van der Waals surface area contributed by atoms with Crippen molar-refractivity contribution < 1.29 is 9.47 Å². The summed E-state index contributed by atoms with van der Waals surface area (Å²) in [7, 11) is 0. The zero-order valence-corrected chi connectivity index (χ0v) is 29.3. The lowest BCUT2D eigenvalue weighted by Gasteiger charge is -2.17. The highest BCUT2D eigenvalue weighted by atomic mass is 127. The molecule has 0 saturated heterocycles. The topological polar surface area (TPSA) is 18.5 Å². The Morgan fingerprint density at radius 2 is 0.718 bits per heavy atom. The Labute approximate surface area is 261 Å². The number of hydrogen-bond donors (Lipinski definition) is 0. The van der Waals surface area contributed by atoms with Crippen LogP contribution in [0.5, 0.6) is 0 Å². The summed E-state index contributed by atoms with van der Waals surface area (Å²) < 4.78 is 13.3. The normalized spacial score (nSPS) is 12.4. The molecule has 2 nitrogen and oxygen atoms in total. The lowest BCUT2D eigenvalue weighted by Crippen LogP contribution is -2.21. The van der Waals surface area contributed by atoms with Crippen molar-refractivity contribution in [3.8, 4) is 0 Å². The Morgan fingerprint density at radius 3 is 1.05 bits per heavy atom. The number of unbranched alkanes of at least 4 members (excludes halogenated alkanes) is 26. The summed E-state index contributed by atoms with van der Waals surface area (Å²) in [4.78, 5) is 0. The smallest absolute Gasteiger partial charge is 0.0815 e. The second-order valence-corrected chi connectivity index (χ2v) is 13.3. The van der Waals surface area contributed by atoms with Crippen LogP contribution in [0.2, 0.25) is 0 Å². The van der Waals surface area contributed by atoms with Crippen molar-refractivity contribution in [2.45, 2.75) is 206 Å². The standard InChI is InChI=1S/C36H73IO2/c1-3-5-7-9-11-13-15-17-19-21-23-25-27-29-33-38-35-36(31-32-37)39-34-30-28-26-24-22-20-18-16-14-12-10-8-6-4-2/h36H,3-35H2,1-2H3. The Kier molecular flexibility index (Phi) is 37.3. The maximum Gasteiger partial charge on any atom is 0.0815 e. The average molecular weight is 665 g/mol. The molecule has 0 aromatic carbocycles. The Bertz CT molecular complexity index is 417. The first kappa shape index (κ1) is 39.6. The minimum absolute atomic E-state index is 0.301. The Hall–Kier alpha value is 0.650. The van der Waals surface area contributed by atoms with Gasteiger partial charge in [0.25, 0.3) is 0 Å². The molecule has 0 aliphatic heterocycles. The summed E-state index contributed by atoms with van der Waals surface area (Å²) in [5.74, 6) is 0. The molecule has 0 rings (SSSR count). The van der Waals surface area contributed by atoms with Gasteiger partial charge in [0.1, 0.15) is 0 Å². The summed E-state index contributed by atoms with van der Waals surface area (Å²) in [5.41, 5.74) is 0. The quantitative estimate of drug-likeness (QED) is 0.0381. The van der Waals surface area contributed by atoms with Crippen molar-refractivity contribution in [2.24, 2.45) is 0 Å². The third kappa shape index (κ3) is 34.8. The summed E-state index contributed by atoms with van der Waals surface area (Å²) >= 11 is 2.47. The monoisotopic (exact) mass is 664 g/mol. The summed E-state index contributed by atoms with van der Waals surface area (Å²) in [6, 6.07) is 0. The molecule has 0 aromatic rings. The van der Waals surface area contributed by atoms with E-state index in [1.807, 2.05) is 0 Å². The predicted molar refractivity (Wildman–Crippen MR) is 185 cm³/mol. The van der Waals surface area contributed by atoms with E-state index >= 15 is 0 Å². The first-order valence-corrected chi connectivity index (χ1v) is 19.6. The summed E-state index contributed by atoms with van der Waals surface area (Å²) in [6.07, 6.45) is 40.9. The van der Waals surface area contributed by atoms with E-state index in [-0.39, 0.29) is 0 Å². The van der Waals surface area contributed by atoms with Gasteiger partial charge in [-0.05, 0) is 19.3 Å². The van der Waals surface area contributed by atoms with E-state index < -0.39 is 0 Å². The largest absolute Gasteiger partial charge is 0.379 e. The third-order valence-corrected chi connectivity index (χ3v) is 8.85. The zero-order chi connectivity index (χ0) is 28.3. The van der Waals surface area contributed by atoms with Crippen molar-refractivity contribution in [3.05, 3.63) is 0 Å². The van der Waals surface area contributed by atoms with Crippen molar-refractivity contribution in [3.63, 3.8) is 0 Å². The fourth-order valence-electron chi connectivity index (χ4n) is 5.50. The lowest BCUT2D eigenvalue weighted by atomic mass is 10.0. The number of rotatable bonds is 35. The minimum atomic E-state index is 0.301. The minimum Gasteiger partial charge on any atom is -0.379 e. The first-order valence-electron chi connectivity index (χ1n) is 18.1. The number of ether oxygens (including phenoxy) is 2. The third-order valence-electron chi connectivity index (χ3n) is 8.23. The van der Waals surface area contributed by atoms with Gasteiger partial charge >= 0.3 is 0 Å². The molecule has 1 atom stereocenters. The van der Waals surface area contributed by atoms with Crippen LogP contribution in [0, 0.1) is 0 Å². The maximum atomic E-state index is 6.18. The van der Waals surface area contributed by atoms with E-state index in [1.54, 1.807) is 0 Å². The van der Waals surface area contributed by atoms with Crippen molar-refractivity contribution in [2.75, 3.05) is 24.2 Å². The molecule has 1 unspecified atom stereocenters. The van der Waals surface area contributed by atoms with E-state index in [9.17, 15) is 0 Å². The van der Waals surface area contributed by atoms with Crippen LogP contribution in [-0.2, 0) is 9.47 Å². The molecule has 0 saturated carbocycles. The van der Waals surface area contributed by atoms with Gasteiger partial charge in [0, 0.05) is 17.6 Å². The van der Waals surface area contributed by atoms with Crippen LogP contribution in [-0.4, -0.2) is 30.4 Å². The van der Waals surface area contributed by atoms with Gasteiger partial charge < -0.3 is 9.47 Å². The van der Waals surface area contributed by atoms with Gasteiger partial charge in [0.2, 0.25) is 0 Å². The second kappa shape index (κ2) is 36.7. The van der Waals surface area contributed by atoms with Crippen LogP contribution in [0.3, 0.4) is 0 Å². The molecule has 3 heteroatoms. The van der Waals surface area contributed by atoms with E-state index in [0.29, 0.717) is 6.10 Å². The van der Waals surface area contributed by atoms with Gasteiger partial charge in [-0.2, -0.15) is 0 Å². The van der Waals surface area contributed by atoms with Crippen molar-refractivity contribution >= 4 is 22.6 Å². The van der Waals surface area contributed by atoms with Crippen molar-refractivity contribution in [1.29, 1.82) is 0 Å². The van der Waals surface area contributed by atoms with Gasteiger partial charge in [0.05, 0.1) is 12.7 Å². The van der Waals surface area contributed by atoms with E-state index in [0.717, 1.165) is 30.7 Å². The van der Waals surface area contributed by atoms with Gasteiger partial charge in [-0.25, -0.2) is 0 Å². The van der Waals surface area contributed by atoms with Gasteiger partial charge in [-0.1, -0.05) is 203 Å². The van der Waals surface area contributed by atoms with E-state index in [2.05, 4.69) is 36.4 Å². The highest BCUT2D eigenvalue weighted by molar-refractivity contribution is 14.1. The maximum absolute atomic E-state index is 6.18. The van der Waals surface area contributed by atoms with Crippen LogP contribution in [0.25, 0.3) is 0 Å².